The van der Waals surface area contributed by atoms with Gasteiger partial charge in [0, 0.05) is 13.7 Å². The molecule has 0 spiro atoms. The Hall–Kier alpha value is -0.120. The standard InChI is InChI=1S/C13H27NO2/c1-4-16-13(12(14-2)11-15-3)9-7-5-6-8-10-13/h12,14H,4-11H2,1-3H3. The zero-order chi connectivity index (χ0) is 11.9. The van der Waals surface area contributed by atoms with Gasteiger partial charge in [0.05, 0.1) is 18.2 Å². The lowest BCUT2D eigenvalue weighted by atomic mass is 9.86. The van der Waals surface area contributed by atoms with Crippen molar-refractivity contribution in [2.75, 3.05) is 27.4 Å². The van der Waals surface area contributed by atoms with Crippen molar-refractivity contribution < 1.29 is 9.47 Å². The van der Waals surface area contributed by atoms with Crippen LogP contribution in [-0.4, -0.2) is 39.0 Å². The van der Waals surface area contributed by atoms with Gasteiger partial charge in [0.2, 0.25) is 0 Å². The Morgan fingerprint density at radius 1 is 1.19 bits per heavy atom. The van der Waals surface area contributed by atoms with E-state index >= 15 is 0 Å². The molecule has 1 unspecified atom stereocenters. The molecule has 0 aromatic heterocycles. The molecule has 1 rings (SSSR count). The minimum absolute atomic E-state index is 0.00396. The summed E-state index contributed by atoms with van der Waals surface area (Å²) in [6, 6.07) is 0.315. The van der Waals surface area contributed by atoms with Crippen molar-refractivity contribution in [3.63, 3.8) is 0 Å². The van der Waals surface area contributed by atoms with Crippen molar-refractivity contribution in [3.05, 3.63) is 0 Å². The molecule has 0 radical (unpaired) electrons. The molecule has 1 atom stereocenters. The van der Waals surface area contributed by atoms with Gasteiger partial charge >= 0.3 is 0 Å². The number of ether oxygens (including phenoxy) is 2. The summed E-state index contributed by atoms with van der Waals surface area (Å²) < 4.78 is 11.4. The number of nitrogens with one attached hydrogen (secondary N) is 1. The fraction of sp³-hybridized carbons (Fsp3) is 1.00. The van der Waals surface area contributed by atoms with Crippen LogP contribution in [0.4, 0.5) is 0 Å². The van der Waals surface area contributed by atoms with Crippen molar-refractivity contribution in [2.24, 2.45) is 0 Å². The van der Waals surface area contributed by atoms with Crippen LogP contribution in [0.2, 0.25) is 0 Å². The van der Waals surface area contributed by atoms with E-state index in [9.17, 15) is 0 Å². The maximum atomic E-state index is 6.11. The van der Waals surface area contributed by atoms with Gasteiger partial charge in [-0.25, -0.2) is 0 Å². The molecule has 0 aromatic rings. The maximum Gasteiger partial charge on any atom is 0.0857 e. The molecule has 0 aromatic carbocycles. The fourth-order valence-electron chi connectivity index (χ4n) is 2.87. The molecular weight excluding hydrogens is 202 g/mol. The Labute approximate surface area is 99.9 Å². The van der Waals surface area contributed by atoms with E-state index < -0.39 is 0 Å². The second kappa shape index (κ2) is 7.25. The van der Waals surface area contributed by atoms with Crippen LogP contribution >= 0.6 is 0 Å². The minimum Gasteiger partial charge on any atom is -0.383 e. The SMILES string of the molecule is CCOC1(C(COC)NC)CCCCCC1. The molecule has 1 N–H and O–H groups in total. The van der Waals surface area contributed by atoms with E-state index in [1.54, 1.807) is 7.11 Å². The van der Waals surface area contributed by atoms with Gasteiger partial charge in [-0.3, -0.25) is 0 Å². The molecular formula is C13H27NO2. The summed E-state index contributed by atoms with van der Waals surface area (Å²) >= 11 is 0. The molecule has 0 amide bonds. The van der Waals surface area contributed by atoms with Gasteiger partial charge in [0.1, 0.15) is 0 Å². The monoisotopic (exact) mass is 229 g/mol. The minimum atomic E-state index is -0.00396. The average Bonchev–Trinajstić information content (AvgIpc) is 2.53. The van der Waals surface area contributed by atoms with Crippen molar-refractivity contribution in [2.45, 2.75) is 57.1 Å². The topological polar surface area (TPSA) is 30.5 Å². The molecule has 1 saturated carbocycles. The van der Waals surface area contributed by atoms with Gasteiger partial charge < -0.3 is 14.8 Å². The number of likely N-dealkylation sites (N-methyl/N-ethyl adjacent to an activating group) is 1. The van der Waals surface area contributed by atoms with Crippen LogP contribution in [0.3, 0.4) is 0 Å². The lowest BCUT2D eigenvalue weighted by Gasteiger charge is -2.39. The fourth-order valence-corrected chi connectivity index (χ4v) is 2.87. The van der Waals surface area contributed by atoms with Crippen LogP contribution in [0.5, 0.6) is 0 Å². The molecule has 1 aliphatic carbocycles. The summed E-state index contributed by atoms with van der Waals surface area (Å²) in [6.45, 7) is 3.62. The molecule has 0 heterocycles. The van der Waals surface area contributed by atoms with Crippen LogP contribution in [-0.2, 0) is 9.47 Å². The number of methoxy groups -OCH3 is 1. The van der Waals surface area contributed by atoms with Crippen molar-refractivity contribution in [3.8, 4) is 0 Å². The molecule has 0 bridgehead atoms. The highest BCUT2D eigenvalue weighted by molar-refractivity contribution is 4.94. The summed E-state index contributed by atoms with van der Waals surface area (Å²) in [5, 5.41) is 3.38. The lowest BCUT2D eigenvalue weighted by Crippen LogP contribution is -2.53. The van der Waals surface area contributed by atoms with Crippen LogP contribution in [0.1, 0.15) is 45.4 Å². The van der Waals surface area contributed by atoms with Crippen LogP contribution in [0.25, 0.3) is 0 Å². The molecule has 16 heavy (non-hydrogen) atoms. The van der Waals surface area contributed by atoms with Crippen molar-refractivity contribution >= 4 is 0 Å². The summed E-state index contributed by atoms with van der Waals surface area (Å²) in [5.74, 6) is 0. The van der Waals surface area contributed by atoms with Gasteiger partial charge in [-0.2, -0.15) is 0 Å². The van der Waals surface area contributed by atoms with E-state index in [4.69, 9.17) is 9.47 Å². The normalized spacial score (nSPS) is 22.7. The Morgan fingerprint density at radius 2 is 1.81 bits per heavy atom. The Kier molecular flexibility index (Phi) is 6.32. The van der Waals surface area contributed by atoms with Gasteiger partial charge in [-0.1, -0.05) is 25.7 Å². The second-order valence-corrected chi connectivity index (χ2v) is 4.71. The first-order chi connectivity index (χ1) is 7.79. The Bertz CT molecular complexity index is 177. The lowest BCUT2D eigenvalue weighted by molar-refractivity contribution is -0.0888. The summed E-state index contributed by atoms with van der Waals surface area (Å²) in [6.07, 6.45) is 7.58. The van der Waals surface area contributed by atoms with E-state index in [-0.39, 0.29) is 5.60 Å². The highest BCUT2D eigenvalue weighted by Gasteiger charge is 2.38. The third-order valence-corrected chi connectivity index (χ3v) is 3.70. The van der Waals surface area contributed by atoms with E-state index in [0.29, 0.717) is 6.04 Å². The van der Waals surface area contributed by atoms with Crippen LogP contribution in [0.15, 0.2) is 0 Å². The summed E-state index contributed by atoms with van der Waals surface area (Å²) in [5.41, 5.74) is -0.00396. The zero-order valence-electron chi connectivity index (χ0n) is 11.1. The quantitative estimate of drug-likeness (QED) is 0.709. The molecule has 3 heteroatoms. The van der Waals surface area contributed by atoms with Crippen molar-refractivity contribution in [1.82, 2.24) is 5.32 Å². The first kappa shape index (κ1) is 13.9. The van der Waals surface area contributed by atoms with Gasteiger partial charge in [-0.15, -0.1) is 0 Å². The Balaban J connectivity index is 2.73. The third kappa shape index (κ3) is 3.44. The third-order valence-electron chi connectivity index (χ3n) is 3.70. The molecule has 0 aliphatic heterocycles. The van der Waals surface area contributed by atoms with E-state index in [1.807, 2.05) is 7.05 Å². The largest absolute Gasteiger partial charge is 0.383 e. The van der Waals surface area contributed by atoms with Crippen LogP contribution in [0, 0.1) is 0 Å². The highest BCUT2D eigenvalue weighted by atomic mass is 16.5. The number of rotatable bonds is 6. The van der Waals surface area contributed by atoms with E-state index in [1.165, 1.54) is 25.7 Å². The Morgan fingerprint density at radius 3 is 2.25 bits per heavy atom. The van der Waals surface area contributed by atoms with Gasteiger partial charge in [-0.05, 0) is 26.8 Å². The predicted octanol–water partition coefficient (Wildman–Crippen LogP) is 2.35. The average molecular weight is 229 g/mol. The predicted molar refractivity (Wildman–Crippen MR) is 66.8 cm³/mol. The summed E-state index contributed by atoms with van der Waals surface area (Å²) in [7, 11) is 3.77. The smallest absolute Gasteiger partial charge is 0.0857 e. The van der Waals surface area contributed by atoms with Gasteiger partial charge in [0.25, 0.3) is 0 Å². The highest BCUT2D eigenvalue weighted by Crippen LogP contribution is 2.33. The number of hydrogen-bond donors (Lipinski definition) is 1. The maximum absolute atomic E-state index is 6.11. The molecule has 3 nitrogen and oxygen atoms in total. The van der Waals surface area contributed by atoms with Crippen LogP contribution < -0.4 is 5.32 Å². The van der Waals surface area contributed by atoms with E-state index in [0.717, 1.165) is 26.1 Å². The first-order valence-corrected chi connectivity index (χ1v) is 6.59. The molecule has 96 valence electrons. The molecule has 1 fully saturated rings. The molecule has 0 saturated heterocycles. The molecule has 1 aliphatic rings. The second-order valence-electron chi connectivity index (χ2n) is 4.71. The zero-order valence-corrected chi connectivity index (χ0v) is 11.1. The van der Waals surface area contributed by atoms with Gasteiger partial charge in [0.15, 0.2) is 0 Å². The van der Waals surface area contributed by atoms with E-state index in [2.05, 4.69) is 12.2 Å². The summed E-state index contributed by atoms with van der Waals surface area (Å²) in [4.78, 5) is 0. The first-order valence-electron chi connectivity index (χ1n) is 6.59. The van der Waals surface area contributed by atoms with Crippen molar-refractivity contribution in [1.29, 1.82) is 0 Å². The number of hydrogen-bond acceptors (Lipinski definition) is 3.